The van der Waals surface area contributed by atoms with E-state index in [1.54, 1.807) is 19.9 Å². The molecule has 3 rings (SSSR count). The SMILES string of the molecule is Cc1ccc(OC2CCCN(S(=O)(=O)c3c(C)n[nH]c3C)C2)nn1. The maximum Gasteiger partial charge on any atom is 0.246 e. The Morgan fingerprint density at radius 2 is 2.04 bits per heavy atom. The highest BCUT2D eigenvalue weighted by Crippen LogP contribution is 2.26. The van der Waals surface area contributed by atoms with Crippen molar-refractivity contribution in [3.8, 4) is 5.88 Å². The Balaban J connectivity index is 1.77. The van der Waals surface area contributed by atoms with E-state index in [0.717, 1.165) is 18.5 Å². The molecule has 1 atom stereocenters. The largest absolute Gasteiger partial charge is 0.472 e. The summed E-state index contributed by atoms with van der Waals surface area (Å²) in [5, 5.41) is 14.7. The van der Waals surface area contributed by atoms with Gasteiger partial charge in [-0.25, -0.2) is 8.42 Å². The number of aromatic amines is 1. The normalized spacial score (nSPS) is 19.4. The van der Waals surface area contributed by atoms with E-state index in [0.29, 0.717) is 30.4 Å². The van der Waals surface area contributed by atoms with Gasteiger partial charge in [0.2, 0.25) is 15.9 Å². The Hall–Kier alpha value is -2.00. The zero-order valence-electron chi connectivity index (χ0n) is 14.0. The maximum atomic E-state index is 12.9. The van der Waals surface area contributed by atoms with Crippen molar-refractivity contribution in [3.05, 3.63) is 29.2 Å². The molecule has 1 saturated heterocycles. The van der Waals surface area contributed by atoms with Crippen LogP contribution >= 0.6 is 0 Å². The van der Waals surface area contributed by atoms with Crippen LogP contribution in [0, 0.1) is 20.8 Å². The number of aromatic nitrogens is 4. The van der Waals surface area contributed by atoms with Gasteiger partial charge in [0.15, 0.2) is 0 Å². The van der Waals surface area contributed by atoms with Gasteiger partial charge in [-0.1, -0.05) is 0 Å². The molecule has 2 aromatic rings. The first kappa shape index (κ1) is 16.8. The number of hydrogen-bond acceptors (Lipinski definition) is 6. The number of rotatable bonds is 4. The summed E-state index contributed by atoms with van der Waals surface area (Å²) < 4.78 is 33.1. The molecule has 130 valence electrons. The van der Waals surface area contributed by atoms with E-state index < -0.39 is 10.0 Å². The highest BCUT2D eigenvalue weighted by Gasteiger charge is 2.34. The van der Waals surface area contributed by atoms with Gasteiger partial charge in [-0.3, -0.25) is 5.10 Å². The Morgan fingerprint density at radius 1 is 1.25 bits per heavy atom. The van der Waals surface area contributed by atoms with Crippen molar-refractivity contribution in [2.45, 2.75) is 44.6 Å². The van der Waals surface area contributed by atoms with E-state index in [9.17, 15) is 8.42 Å². The van der Waals surface area contributed by atoms with Gasteiger partial charge in [-0.2, -0.15) is 14.5 Å². The molecule has 0 aromatic carbocycles. The molecule has 1 N–H and O–H groups in total. The molecule has 24 heavy (non-hydrogen) atoms. The fourth-order valence-electron chi connectivity index (χ4n) is 2.89. The topological polar surface area (TPSA) is 101 Å². The average molecular weight is 351 g/mol. The summed E-state index contributed by atoms with van der Waals surface area (Å²) in [6.07, 6.45) is 1.28. The standard InChI is InChI=1S/C15H21N5O3S/c1-10-6-7-14(19-16-10)23-13-5-4-8-20(9-13)24(21,22)15-11(2)17-18-12(15)3/h6-7,13H,4-5,8-9H2,1-3H3,(H,17,18). The van der Waals surface area contributed by atoms with E-state index in [1.165, 1.54) is 4.31 Å². The molecule has 1 unspecified atom stereocenters. The van der Waals surface area contributed by atoms with E-state index in [4.69, 9.17) is 4.74 Å². The Kier molecular flexibility index (Phi) is 4.55. The number of nitrogens with zero attached hydrogens (tertiary/aromatic N) is 4. The summed E-state index contributed by atoms with van der Waals surface area (Å²) >= 11 is 0. The van der Waals surface area contributed by atoms with E-state index in [2.05, 4.69) is 20.4 Å². The van der Waals surface area contributed by atoms with Crippen LogP contribution in [0.3, 0.4) is 0 Å². The van der Waals surface area contributed by atoms with Crippen LogP contribution in [0.1, 0.15) is 29.9 Å². The summed E-state index contributed by atoms with van der Waals surface area (Å²) in [4.78, 5) is 0.262. The molecule has 0 spiro atoms. The molecule has 0 aliphatic carbocycles. The van der Waals surface area contributed by atoms with Gasteiger partial charge in [0.25, 0.3) is 0 Å². The third-order valence-electron chi connectivity index (χ3n) is 4.06. The number of H-pyrrole nitrogens is 1. The van der Waals surface area contributed by atoms with Crippen LogP contribution in [0.15, 0.2) is 17.0 Å². The van der Waals surface area contributed by atoms with Gasteiger partial charge in [-0.15, -0.1) is 5.10 Å². The van der Waals surface area contributed by atoms with Crippen LogP contribution in [0.5, 0.6) is 5.88 Å². The molecule has 1 aliphatic rings. The summed E-state index contributed by atoms with van der Waals surface area (Å²) in [7, 11) is -3.59. The molecule has 2 aromatic heterocycles. The van der Waals surface area contributed by atoms with Crippen LogP contribution in [0.25, 0.3) is 0 Å². The van der Waals surface area contributed by atoms with Gasteiger partial charge in [0.05, 0.1) is 23.6 Å². The summed E-state index contributed by atoms with van der Waals surface area (Å²) in [6.45, 7) is 6.03. The molecule has 0 bridgehead atoms. The third-order valence-corrected chi connectivity index (χ3v) is 6.19. The van der Waals surface area contributed by atoms with Gasteiger partial charge in [-0.05, 0) is 39.7 Å². The Labute approximate surface area is 141 Å². The number of aryl methyl sites for hydroxylation is 3. The van der Waals surface area contributed by atoms with E-state index in [1.807, 2.05) is 13.0 Å². The van der Waals surface area contributed by atoms with Crippen molar-refractivity contribution >= 4 is 10.0 Å². The lowest BCUT2D eigenvalue weighted by Gasteiger charge is -2.31. The second-order valence-corrected chi connectivity index (χ2v) is 7.90. The van der Waals surface area contributed by atoms with Crippen molar-refractivity contribution < 1.29 is 13.2 Å². The summed E-state index contributed by atoms with van der Waals surface area (Å²) in [6, 6.07) is 3.57. The minimum absolute atomic E-state index is 0.238. The Morgan fingerprint density at radius 3 is 2.67 bits per heavy atom. The van der Waals surface area contributed by atoms with Crippen LogP contribution < -0.4 is 4.74 Å². The van der Waals surface area contributed by atoms with Gasteiger partial charge in [0.1, 0.15) is 11.0 Å². The van der Waals surface area contributed by atoms with E-state index >= 15 is 0 Å². The smallest absolute Gasteiger partial charge is 0.246 e. The van der Waals surface area contributed by atoms with Crippen LogP contribution in [0.4, 0.5) is 0 Å². The second kappa shape index (κ2) is 6.48. The molecule has 3 heterocycles. The lowest BCUT2D eigenvalue weighted by molar-refractivity contribution is 0.123. The fraction of sp³-hybridized carbons (Fsp3) is 0.533. The maximum absolute atomic E-state index is 12.9. The molecule has 0 saturated carbocycles. The quantitative estimate of drug-likeness (QED) is 0.892. The minimum Gasteiger partial charge on any atom is -0.472 e. The molecular weight excluding hydrogens is 330 g/mol. The monoisotopic (exact) mass is 351 g/mol. The first-order chi connectivity index (χ1) is 11.4. The zero-order valence-corrected chi connectivity index (χ0v) is 14.8. The van der Waals surface area contributed by atoms with Gasteiger partial charge < -0.3 is 4.74 Å². The van der Waals surface area contributed by atoms with Crippen LogP contribution in [-0.4, -0.2) is 52.3 Å². The number of ether oxygens (including phenoxy) is 1. The Bertz CT molecular complexity index is 797. The average Bonchev–Trinajstić information content (AvgIpc) is 2.89. The first-order valence-electron chi connectivity index (χ1n) is 7.86. The lowest BCUT2D eigenvalue weighted by Crippen LogP contribution is -2.44. The zero-order chi connectivity index (χ0) is 17.3. The number of sulfonamides is 1. The first-order valence-corrected chi connectivity index (χ1v) is 9.30. The third kappa shape index (κ3) is 3.27. The highest BCUT2D eigenvalue weighted by molar-refractivity contribution is 7.89. The van der Waals surface area contributed by atoms with Crippen LogP contribution in [0.2, 0.25) is 0 Å². The molecule has 8 nitrogen and oxygen atoms in total. The van der Waals surface area contributed by atoms with Crippen LogP contribution in [-0.2, 0) is 10.0 Å². The molecular formula is C15H21N5O3S. The molecule has 9 heteroatoms. The highest BCUT2D eigenvalue weighted by atomic mass is 32.2. The molecule has 1 fully saturated rings. The number of piperidine rings is 1. The fourth-order valence-corrected chi connectivity index (χ4v) is 4.73. The molecule has 0 radical (unpaired) electrons. The summed E-state index contributed by atoms with van der Waals surface area (Å²) in [5.41, 5.74) is 1.85. The predicted octanol–water partition coefficient (Wildman–Crippen LogP) is 1.36. The number of hydrogen-bond donors (Lipinski definition) is 1. The van der Waals surface area contributed by atoms with Crippen molar-refractivity contribution in [2.24, 2.45) is 0 Å². The lowest BCUT2D eigenvalue weighted by atomic mass is 10.1. The number of nitrogens with one attached hydrogen (secondary N) is 1. The minimum atomic E-state index is -3.59. The van der Waals surface area contributed by atoms with Crippen molar-refractivity contribution in [1.29, 1.82) is 0 Å². The van der Waals surface area contributed by atoms with E-state index in [-0.39, 0.29) is 11.0 Å². The van der Waals surface area contributed by atoms with Crippen molar-refractivity contribution in [3.63, 3.8) is 0 Å². The summed E-state index contributed by atoms with van der Waals surface area (Å²) in [5.74, 6) is 0.417. The van der Waals surface area contributed by atoms with Gasteiger partial charge >= 0.3 is 0 Å². The predicted molar refractivity (Wildman–Crippen MR) is 87.2 cm³/mol. The second-order valence-electron chi connectivity index (χ2n) is 6.02. The molecule has 1 aliphatic heterocycles. The van der Waals surface area contributed by atoms with Gasteiger partial charge in [0, 0.05) is 12.6 Å². The van der Waals surface area contributed by atoms with Crippen molar-refractivity contribution in [1.82, 2.24) is 24.7 Å². The van der Waals surface area contributed by atoms with Crippen molar-refractivity contribution in [2.75, 3.05) is 13.1 Å². The molecule has 0 amide bonds.